The van der Waals surface area contributed by atoms with E-state index in [0.29, 0.717) is 6.10 Å². The Hall–Kier alpha value is -2.08. The van der Waals surface area contributed by atoms with Crippen molar-refractivity contribution in [2.45, 2.75) is 51.2 Å². The molecular formula is C18H24N4O2. The Morgan fingerprint density at radius 1 is 1.38 bits per heavy atom. The number of fused-ring (bicyclic) bond motifs is 1. The fourth-order valence-electron chi connectivity index (χ4n) is 4.44. The van der Waals surface area contributed by atoms with Crippen LogP contribution in [0.2, 0.25) is 0 Å². The van der Waals surface area contributed by atoms with Crippen LogP contribution in [-0.2, 0) is 4.74 Å². The second-order valence-electron chi connectivity index (χ2n) is 6.86. The van der Waals surface area contributed by atoms with Crippen LogP contribution >= 0.6 is 0 Å². The maximum atomic E-state index is 12.5. The molecule has 2 aromatic rings. The summed E-state index contributed by atoms with van der Waals surface area (Å²) >= 11 is 0. The normalized spacial score (nSPS) is 24.9. The van der Waals surface area contributed by atoms with Crippen molar-refractivity contribution in [2.75, 3.05) is 12.0 Å². The topological polar surface area (TPSA) is 68.2 Å². The van der Waals surface area contributed by atoms with Crippen LogP contribution in [-0.4, -0.2) is 34.4 Å². The first-order chi connectivity index (χ1) is 11.7. The van der Waals surface area contributed by atoms with Gasteiger partial charge in [-0.25, -0.2) is 19.9 Å². The molecule has 0 bridgehead atoms. The Morgan fingerprint density at radius 2 is 2.17 bits per heavy atom. The largest absolute Gasteiger partial charge is 0.378 e. The fraction of sp³-hybridized carbons (Fsp3) is 0.556. The molecule has 2 amide bonds. The molecule has 24 heavy (non-hydrogen) atoms. The van der Waals surface area contributed by atoms with Gasteiger partial charge in [0, 0.05) is 18.1 Å². The Balaban J connectivity index is 1.43. The first-order valence-electron chi connectivity index (χ1n) is 8.84. The lowest BCUT2D eigenvalue weighted by molar-refractivity contribution is -0.126. The second-order valence-corrected chi connectivity index (χ2v) is 6.86. The van der Waals surface area contributed by atoms with E-state index in [1.807, 2.05) is 31.2 Å². The summed E-state index contributed by atoms with van der Waals surface area (Å²) in [6.45, 7) is 2.78. The van der Waals surface area contributed by atoms with Crippen LogP contribution in [0.3, 0.4) is 0 Å². The molecule has 6 heteroatoms. The zero-order chi connectivity index (χ0) is 16.6. The molecule has 1 heterocycles. The predicted molar refractivity (Wildman–Crippen MR) is 92.3 cm³/mol. The number of hydrogen-bond donors (Lipinski definition) is 2. The van der Waals surface area contributed by atoms with E-state index in [1.54, 1.807) is 11.0 Å². The number of carbonyl (C=O) groups excluding carboxylic acids is 1. The van der Waals surface area contributed by atoms with Crippen molar-refractivity contribution in [3.05, 3.63) is 30.6 Å². The predicted octanol–water partition coefficient (Wildman–Crippen LogP) is 3.03. The van der Waals surface area contributed by atoms with Gasteiger partial charge in [-0.15, -0.1) is 0 Å². The van der Waals surface area contributed by atoms with Gasteiger partial charge in [0.25, 0.3) is 0 Å². The second kappa shape index (κ2) is 6.09. The van der Waals surface area contributed by atoms with Gasteiger partial charge in [-0.3, -0.25) is 0 Å². The lowest BCUT2D eigenvalue weighted by Crippen LogP contribution is -2.64. The van der Waals surface area contributed by atoms with E-state index in [0.717, 1.165) is 36.9 Å². The molecule has 0 saturated heterocycles. The minimum Gasteiger partial charge on any atom is -0.378 e. The van der Waals surface area contributed by atoms with Crippen molar-refractivity contribution in [3.63, 3.8) is 0 Å². The number of hydrogen-bond acceptors (Lipinski definition) is 3. The lowest BCUT2D eigenvalue weighted by atomic mass is 9.60. The summed E-state index contributed by atoms with van der Waals surface area (Å²) in [6, 6.07) is 7.77. The molecule has 2 saturated carbocycles. The highest BCUT2D eigenvalue weighted by Gasteiger charge is 2.57. The van der Waals surface area contributed by atoms with Crippen molar-refractivity contribution >= 4 is 17.1 Å². The molecule has 128 valence electrons. The number of rotatable bonds is 4. The minimum absolute atomic E-state index is 0.143. The zero-order valence-electron chi connectivity index (χ0n) is 14.0. The number of imidazole rings is 1. The summed E-state index contributed by atoms with van der Waals surface area (Å²) in [6.07, 6.45) is 7.60. The van der Waals surface area contributed by atoms with Crippen molar-refractivity contribution < 1.29 is 9.53 Å². The monoisotopic (exact) mass is 328 g/mol. The summed E-state index contributed by atoms with van der Waals surface area (Å²) in [7, 11) is 0. The number of nitrogens with one attached hydrogen (secondary N) is 2. The van der Waals surface area contributed by atoms with Crippen LogP contribution < -0.4 is 10.7 Å². The molecule has 6 nitrogen and oxygen atoms in total. The average Bonchev–Trinajstić information content (AvgIpc) is 3.23. The molecule has 2 aliphatic rings. The van der Waals surface area contributed by atoms with Gasteiger partial charge in [0.2, 0.25) is 0 Å². The summed E-state index contributed by atoms with van der Waals surface area (Å²) in [5.74, 6) is 0. The third-order valence-electron chi connectivity index (χ3n) is 5.67. The number of benzene rings is 1. The SMILES string of the molecule is CCOC1CC(NC(=O)Nn2cnc3ccccc32)C12CCCC2. The van der Waals surface area contributed by atoms with Crippen molar-refractivity contribution in [2.24, 2.45) is 5.41 Å². The first-order valence-corrected chi connectivity index (χ1v) is 8.84. The molecule has 0 radical (unpaired) electrons. The number of nitrogens with zero attached hydrogens (tertiary/aromatic N) is 2. The van der Waals surface area contributed by atoms with Gasteiger partial charge in [0.05, 0.1) is 17.1 Å². The Morgan fingerprint density at radius 3 is 2.96 bits per heavy atom. The van der Waals surface area contributed by atoms with Gasteiger partial charge in [-0.2, -0.15) is 0 Å². The van der Waals surface area contributed by atoms with Gasteiger partial charge < -0.3 is 10.1 Å². The maximum absolute atomic E-state index is 12.5. The van der Waals surface area contributed by atoms with Crippen LogP contribution in [0.1, 0.15) is 39.0 Å². The Kier molecular flexibility index (Phi) is 3.92. The van der Waals surface area contributed by atoms with E-state index < -0.39 is 0 Å². The Labute approximate surface area is 141 Å². The van der Waals surface area contributed by atoms with E-state index in [4.69, 9.17) is 4.74 Å². The highest BCUT2D eigenvalue weighted by atomic mass is 16.5. The zero-order valence-corrected chi connectivity index (χ0v) is 14.0. The smallest absolute Gasteiger partial charge is 0.334 e. The minimum atomic E-state index is -0.177. The van der Waals surface area contributed by atoms with Crippen LogP contribution in [0.25, 0.3) is 11.0 Å². The molecule has 4 rings (SSSR count). The van der Waals surface area contributed by atoms with E-state index in [1.165, 1.54) is 12.8 Å². The molecule has 2 aliphatic carbocycles. The first kappa shape index (κ1) is 15.4. The molecule has 2 N–H and O–H groups in total. The number of urea groups is 1. The number of ether oxygens (including phenoxy) is 1. The van der Waals surface area contributed by atoms with Gasteiger partial charge in [-0.1, -0.05) is 25.0 Å². The van der Waals surface area contributed by atoms with Crippen molar-refractivity contribution in [1.29, 1.82) is 0 Å². The highest BCUT2D eigenvalue weighted by Crippen LogP contribution is 2.54. The highest BCUT2D eigenvalue weighted by molar-refractivity contribution is 5.85. The molecule has 1 aromatic carbocycles. The van der Waals surface area contributed by atoms with Crippen LogP contribution in [0.15, 0.2) is 30.6 Å². The summed E-state index contributed by atoms with van der Waals surface area (Å²) in [4.78, 5) is 16.7. The van der Waals surface area contributed by atoms with E-state index in [-0.39, 0.29) is 17.5 Å². The van der Waals surface area contributed by atoms with E-state index in [2.05, 4.69) is 15.7 Å². The standard InChI is InChI=1S/C18H24N4O2/c1-2-24-16-11-15(18(16)9-5-6-10-18)20-17(23)21-22-12-19-13-7-3-4-8-14(13)22/h3-4,7-8,12,15-16H,2,5-6,9-11H2,1H3,(H2,20,21,23). The Bertz CT molecular complexity index is 735. The van der Waals surface area contributed by atoms with E-state index in [9.17, 15) is 4.79 Å². The molecular weight excluding hydrogens is 304 g/mol. The number of aromatic nitrogens is 2. The fourth-order valence-corrected chi connectivity index (χ4v) is 4.44. The van der Waals surface area contributed by atoms with Gasteiger partial charge in [-0.05, 0) is 38.3 Å². The molecule has 0 aliphatic heterocycles. The lowest BCUT2D eigenvalue weighted by Gasteiger charge is -2.53. The molecule has 2 atom stereocenters. The van der Waals surface area contributed by atoms with Gasteiger partial charge in [0.1, 0.15) is 6.33 Å². The number of para-hydroxylation sites is 2. The third-order valence-corrected chi connectivity index (χ3v) is 5.67. The van der Waals surface area contributed by atoms with Crippen molar-refractivity contribution in [3.8, 4) is 0 Å². The van der Waals surface area contributed by atoms with Crippen molar-refractivity contribution in [1.82, 2.24) is 15.0 Å². The van der Waals surface area contributed by atoms with Crippen LogP contribution in [0.4, 0.5) is 4.79 Å². The maximum Gasteiger partial charge on any atom is 0.334 e. The average molecular weight is 328 g/mol. The quantitative estimate of drug-likeness (QED) is 0.906. The van der Waals surface area contributed by atoms with Gasteiger partial charge >= 0.3 is 6.03 Å². The van der Waals surface area contributed by atoms with Crippen LogP contribution in [0.5, 0.6) is 0 Å². The molecule has 1 aromatic heterocycles. The van der Waals surface area contributed by atoms with Gasteiger partial charge in [0.15, 0.2) is 0 Å². The molecule has 2 fully saturated rings. The summed E-state index contributed by atoms with van der Waals surface area (Å²) < 4.78 is 7.58. The molecule has 1 spiro atoms. The van der Waals surface area contributed by atoms with E-state index >= 15 is 0 Å². The van der Waals surface area contributed by atoms with Crippen LogP contribution in [0, 0.1) is 5.41 Å². The third kappa shape index (κ3) is 2.45. The number of carbonyl (C=O) groups is 1. The summed E-state index contributed by atoms with van der Waals surface area (Å²) in [5.41, 5.74) is 4.78. The summed E-state index contributed by atoms with van der Waals surface area (Å²) in [5, 5.41) is 3.16. The molecule has 2 unspecified atom stereocenters. The number of amides is 2.